The maximum absolute atomic E-state index is 14.5. The van der Waals surface area contributed by atoms with Gasteiger partial charge in [-0.15, -0.1) is 0 Å². The normalized spacial score (nSPS) is 10.5. The summed E-state index contributed by atoms with van der Waals surface area (Å²) in [5.41, 5.74) is 5.31. The topological polar surface area (TPSA) is 72.6 Å². The van der Waals surface area contributed by atoms with Crippen molar-refractivity contribution in [2.75, 3.05) is 6.61 Å². The van der Waals surface area contributed by atoms with Crippen LogP contribution in [0.1, 0.15) is 22.3 Å². The number of amides is 1. The van der Waals surface area contributed by atoms with Crippen LogP contribution < -0.4 is 10.5 Å². The van der Waals surface area contributed by atoms with E-state index >= 15 is 0 Å². The van der Waals surface area contributed by atoms with Crippen LogP contribution in [0.15, 0.2) is 36.4 Å². The van der Waals surface area contributed by atoms with Gasteiger partial charge in [0.25, 0.3) is 0 Å². The zero-order valence-electron chi connectivity index (χ0n) is 11.6. The Labute approximate surface area is 132 Å². The summed E-state index contributed by atoms with van der Waals surface area (Å²) in [7, 11) is 0. The Bertz CT molecular complexity index is 677. The number of aliphatic hydroxyl groups is 1. The highest BCUT2D eigenvalue weighted by Crippen LogP contribution is 2.37. The van der Waals surface area contributed by atoms with E-state index < -0.39 is 11.7 Å². The molecule has 0 aromatic heterocycles. The minimum atomic E-state index is -0.790. The summed E-state index contributed by atoms with van der Waals surface area (Å²) in [6.45, 7) is -0.150. The van der Waals surface area contributed by atoms with Gasteiger partial charge in [0.05, 0.1) is 10.6 Å². The molecule has 0 aliphatic heterocycles. The van der Waals surface area contributed by atoms with Crippen LogP contribution in [-0.4, -0.2) is 17.6 Å². The molecule has 2 rings (SSSR count). The van der Waals surface area contributed by atoms with Crippen molar-refractivity contribution in [2.45, 2.75) is 6.42 Å². The van der Waals surface area contributed by atoms with E-state index in [9.17, 15) is 9.18 Å². The molecule has 0 heterocycles. The Morgan fingerprint density at radius 2 is 2.05 bits per heavy atom. The fraction of sp³-hybridized carbons (Fsp3) is 0.125. The molecule has 115 valence electrons. The fourth-order valence-electron chi connectivity index (χ4n) is 1.88. The van der Waals surface area contributed by atoms with Gasteiger partial charge in [0.2, 0.25) is 5.91 Å². The summed E-state index contributed by atoms with van der Waals surface area (Å²) in [4.78, 5) is 11.5. The minimum Gasteiger partial charge on any atom is -0.453 e. The number of hydrogen-bond acceptors (Lipinski definition) is 3. The lowest BCUT2D eigenvalue weighted by Crippen LogP contribution is -2.13. The van der Waals surface area contributed by atoms with Crippen LogP contribution in [0.25, 0.3) is 0 Å². The van der Waals surface area contributed by atoms with E-state index in [1.54, 1.807) is 30.3 Å². The quantitative estimate of drug-likeness (QED) is 0.857. The highest BCUT2D eigenvalue weighted by atomic mass is 35.5. The smallest absolute Gasteiger partial charge is 0.250 e. The van der Waals surface area contributed by atoms with Gasteiger partial charge < -0.3 is 15.6 Å². The van der Waals surface area contributed by atoms with Gasteiger partial charge in [-0.25, -0.2) is 4.39 Å². The third kappa shape index (κ3) is 3.55. The van der Waals surface area contributed by atoms with Gasteiger partial charge in [-0.3, -0.25) is 4.79 Å². The number of carbonyl (C=O) groups excluding carboxylic acids is 1. The molecule has 0 aliphatic rings. The van der Waals surface area contributed by atoms with Crippen LogP contribution in [0.2, 0.25) is 5.02 Å². The number of nitrogens with two attached hydrogens (primary N) is 1. The molecule has 0 spiro atoms. The zero-order chi connectivity index (χ0) is 16.1. The van der Waals surface area contributed by atoms with E-state index in [0.717, 1.165) is 0 Å². The largest absolute Gasteiger partial charge is 0.453 e. The Morgan fingerprint density at radius 3 is 2.64 bits per heavy atom. The van der Waals surface area contributed by atoms with Gasteiger partial charge in [-0.1, -0.05) is 29.8 Å². The van der Waals surface area contributed by atoms with Crippen LogP contribution >= 0.6 is 11.6 Å². The van der Waals surface area contributed by atoms with E-state index in [4.69, 9.17) is 27.2 Å². The SMILES string of the molecule is NC(=O)c1cc([CH]CCO)c(F)c(Oc2ccccc2)c1Cl. The summed E-state index contributed by atoms with van der Waals surface area (Å²) in [6.07, 6.45) is 1.66. The Hall–Kier alpha value is -2.11. The van der Waals surface area contributed by atoms with Gasteiger partial charge >= 0.3 is 0 Å². The molecular formula is C16H14ClFNO3. The van der Waals surface area contributed by atoms with Gasteiger partial charge in [0.15, 0.2) is 11.6 Å². The number of carbonyl (C=O) groups is 1. The molecule has 0 atom stereocenters. The molecule has 1 amide bonds. The van der Waals surface area contributed by atoms with Crippen molar-refractivity contribution in [1.29, 1.82) is 0 Å². The van der Waals surface area contributed by atoms with Crippen molar-refractivity contribution in [3.05, 3.63) is 64.8 Å². The first-order valence-electron chi connectivity index (χ1n) is 6.53. The first-order valence-corrected chi connectivity index (χ1v) is 6.91. The first-order chi connectivity index (χ1) is 10.5. The third-order valence-corrected chi connectivity index (χ3v) is 3.29. The number of aliphatic hydroxyl groups excluding tert-OH is 1. The Kier molecular flexibility index (Phi) is 5.35. The number of para-hydroxylation sites is 1. The molecule has 2 aromatic rings. The molecule has 3 N–H and O–H groups in total. The molecule has 0 unspecified atom stereocenters. The molecule has 0 bridgehead atoms. The van der Waals surface area contributed by atoms with E-state index in [-0.39, 0.29) is 34.9 Å². The fourth-order valence-corrected chi connectivity index (χ4v) is 2.15. The summed E-state index contributed by atoms with van der Waals surface area (Å²) in [5.74, 6) is -1.40. The van der Waals surface area contributed by atoms with Crippen LogP contribution in [0.5, 0.6) is 11.5 Å². The second kappa shape index (κ2) is 7.24. The highest BCUT2D eigenvalue weighted by Gasteiger charge is 2.21. The van der Waals surface area contributed by atoms with Crippen molar-refractivity contribution < 1.29 is 19.0 Å². The molecular weight excluding hydrogens is 309 g/mol. The average Bonchev–Trinajstić information content (AvgIpc) is 2.51. The van der Waals surface area contributed by atoms with Gasteiger partial charge in [-0.2, -0.15) is 0 Å². The number of benzene rings is 2. The van der Waals surface area contributed by atoms with Crippen molar-refractivity contribution in [2.24, 2.45) is 5.73 Å². The summed E-state index contributed by atoms with van der Waals surface area (Å²) in [6, 6.07) is 9.72. The zero-order valence-corrected chi connectivity index (χ0v) is 12.3. The van der Waals surface area contributed by atoms with Crippen LogP contribution in [0.4, 0.5) is 4.39 Å². The number of primary amides is 1. The summed E-state index contributed by atoms with van der Waals surface area (Å²) in [5, 5.41) is 8.67. The third-order valence-electron chi connectivity index (χ3n) is 2.91. The van der Waals surface area contributed by atoms with Crippen molar-refractivity contribution in [1.82, 2.24) is 0 Å². The lowest BCUT2D eigenvalue weighted by molar-refractivity contribution is 0.1000. The molecule has 0 fully saturated rings. The summed E-state index contributed by atoms with van der Waals surface area (Å²) < 4.78 is 20.0. The van der Waals surface area contributed by atoms with Gasteiger partial charge in [-0.05, 0) is 36.6 Å². The predicted octanol–water partition coefficient (Wildman–Crippen LogP) is 3.31. The molecule has 0 saturated carbocycles. The maximum atomic E-state index is 14.5. The molecule has 6 heteroatoms. The van der Waals surface area contributed by atoms with Crippen LogP contribution in [-0.2, 0) is 0 Å². The average molecular weight is 323 g/mol. The van der Waals surface area contributed by atoms with Gasteiger partial charge in [0.1, 0.15) is 5.75 Å². The molecule has 0 saturated heterocycles. The number of halogens is 2. The van der Waals surface area contributed by atoms with Crippen molar-refractivity contribution >= 4 is 17.5 Å². The minimum absolute atomic E-state index is 0.0433. The van der Waals surface area contributed by atoms with E-state index in [1.165, 1.54) is 12.5 Å². The highest BCUT2D eigenvalue weighted by molar-refractivity contribution is 6.35. The molecule has 2 aromatic carbocycles. The summed E-state index contributed by atoms with van der Waals surface area (Å²) >= 11 is 6.04. The molecule has 1 radical (unpaired) electrons. The van der Waals surface area contributed by atoms with Crippen molar-refractivity contribution in [3.63, 3.8) is 0 Å². The lowest BCUT2D eigenvalue weighted by atomic mass is 10.0. The Morgan fingerprint density at radius 1 is 1.36 bits per heavy atom. The predicted molar refractivity (Wildman–Crippen MR) is 81.5 cm³/mol. The van der Waals surface area contributed by atoms with Gasteiger partial charge in [0, 0.05) is 6.61 Å². The lowest BCUT2D eigenvalue weighted by Gasteiger charge is -2.14. The van der Waals surface area contributed by atoms with Crippen LogP contribution in [0, 0.1) is 12.2 Å². The first kappa shape index (κ1) is 16.3. The monoisotopic (exact) mass is 322 g/mol. The number of hydrogen-bond donors (Lipinski definition) is 2. The standard InChI is InChI=1S/C16H14ClFNO3/c17-13-12(16(19)21)9-10(5-4-8-20)14(18)15(13)22-11-6-2-1-3-7-11/h1-3,5-7,9,20H,4,8H2,(H2,19,21). The molecule has 4 nitrogen and oxygen atoms in total. The maximum Gasteiger partial charge on any atom is 0.250 e. The van der Waals surface area contributed by atoms with Crippen LogP contribution in [0.3, 0.4) is 0 Å². The second-order valence-corrected chi connectivity index (χ2v) is 4.84. The van der Waals surface area contributed by atoms with E-state index in [1.807, 2.05) is 0 Å². The van der Waals surface area contributed by atoms with E-state index in [2.05, 4.69) is 0 Å². The van der Waals surface area contributed by atoms with Crippen molar-refractivity contribution in [3.8, 4) is 11.5 Å². The molecule has 22 heavy (non-hydrogen) atoms. The number of ether oxygens (including phenoxy) is 1. The number of rotatable bonds is 6. The molecule has 0 aliphatic carbocycles. The Balaban J connectivity index is 2.50. The second-order valence-electron chi connectivity index (χ2n) is 4.47. The van der Waals surface area contributed by atoms with E-state index in [0.29, 0.717) is 5.75 Å².